The van der Waals surface area contributed by atoms with Gasteiger partial charge in [-0.2, -0.15) is 0 Å². The van der Waals surface area contributed by atoms with Gasteiger partial charge in [-0.3, -0.25) is 0 Å². The van der Waals surface area contributed by atoms with Crippen LogP contribution in [0, 0.1) is 0 Å². The van der Waals surface area contributed by atoms with Gasteiger partial charge in [0, 0.05) is 27.2 Å². The third-order valence-corrected chi connectivity index (χ3v) is 3.20. The molecule has 3 rings (SSSR count). The second-order valence-electron chi connectivity index (χ2n) is 4.49. The molecule has 0 saturated heterocycles. The molecule has 0 spiro atoms. The van der Waals surface area contributed by atoms with Gasteiger partial charge in [-0.15, -0.1) is 13.2 Å². The molecule has 6 heteroatoms. The summed E-state index contributed by atoms with van der Waals surface area (Å²) >= 11 is 5.91. The minimum Gasteiger partial charge on any atom is -0.406 e. The standard InChI is InChI=1S/C15H9ClF3NO/c16-11-4-5-13-10(6-11)8-14(20-13)9-2-1-3-12(7-9)21-15(17,18)19/h1-8,20H. The molecule has 21 heavy (non-hydrogen) atoms. The zero-order chi connectivity index (χ0) is 15.0. The van der Waals surface area contributed by atoms with Gasteiger partial charge in [-0.25, -0.2) is 0 Å². The SMILES string of the molecule is FC(F)(F)Oc1cccc(-c2cc3cc(Cl)ccc3[nH]2)c1. The van der Waals surface area contributed by atoms with Gasteiger partial charge in [0.05, 0.1) is 0 Å². The number of nitrogens with one attached hydrogen (secondary N) is 1. The summed E-state index contributed by atoms with van der Waals surface area (Å²) in [6.45, 7) is 0. The molecule has 0 bridgehead atoms. The van der Waals surface area contributed by atoms with E-state index in [0.29, 0.717) is 16.3 Å². The number of ether oxygens (including phenoxy) is 1. The number of H-pyrrole nitrogens is 1. The van der Waals surface area contributed by atoms with Crippen molar-refractivity contribution in [3.8, 4) is 17.0 Å². The summed E-state index contributed by atoms with van der Waals surface area (Å²) in [7, 11) is 0. The third kappa shape index (κ3) is 3.13. The molecule has 0 aliphatic rings. The van der Waals surface area contributed by atoms with Crippen LogP contribution >= 0.6 is 11.6 Å². The Bertz CT molecular complexity index is 795. The van der Waals surface area contributed by atoms with Gasteiger partial charge >= 0.3 is 6.36 Å². The Kier molecular flexibility index (Phi) is 3.29. The molecular weight excluding hydrogens is 303 g/mol. The lowest BCUT2D eigenvalue weighted by Crippen LogP contribution is -2.17. The number of rotatable bonds is 2. The van der Waals surface area contributed by atoms with Crippen molar-refractivity contribution in [2.75, 3.05) is 0 Å². The molecule has 0 radical (unpaired) electrons. The Morgan fingerprint density at radius 1 is 1.00 bits per heavy atom. The Morgan fingerprint density at radius 3 is 2.57 bits per heavy atom. The van der Waals surface area contributed by atoms with Gasteiger partial charge in [0.2, 0.25) is 0 Å². The number of fused-ring (bicyclic) bond motifs is 1. The van der Waals surface area contributed by atoms with Crippen molar-refractivity contribution in [1.82, 2.24) is 4.98 Å². The largest absolute Gasteiger partial charge is 0.573 e. The number of alkyl halides is 3. The van der Waals surface area contributed by atoms with Crippen LogP contribution in [-0.2, 0) is 0 Å². The molecule has 0 fully saturated rings. The highest BCUT2D eigenvalue weighted by atomic mass is 35.5. The predicted molar refractivity (Wildman–Crippen MR) is 75.4 cm³/mol. The van der Waals surface area contributed by atoms with E-state index in [1.54, 1.807) is 18.2 Å². The Labute approximate surface area is 123 Å². The second-order valence-corrected chi connectivity index (χ2v) is 4.93. The Balaban J connectivity index is 2.00. The molecule has 0 aliphatic heterocycles. The number of aromatic nitrogens is 1. The van der Waals surface area contributed by atoms with E-state index in [1.807, 2.05) is 12.1 Å². The molecule has 3 aromatic rings. The lowest BCUT2D eigenvalue weighted by atomic mass is 10.1. The van der Waals surface area contributed by atoms with Crippen LogP contribution < -0.4 is 4.74 Å². The molecule has 2 aromatic carbocycles. The van der Waals surface area contributed by atoms with Crippen molar-refractivity contribution < 1.29 is 17.9 Å². The summed E-state index contributed by atoms with van der Waals surface area (Å²) < 4.78 is 40.6. The van der Waals surface area contributed by atoms with E-state index in [4.69, 9.17) is 11.6 Å². The predicted octanol–water partition coefficient (Wildman–Crippen LogP) is 5.39. The lowest BCUT2D eigenvalue weighted by molar-refractivity contribution is -0.274. The van der Waals surface area contributed by atoms with Crippen molar-refractivity contribution in [2.45, 2.75) is 6.36 Å². The van der Waals surface area contributed by atoms with E-state index < -0.39 is 6.36 Å². The number of hydrogen-bond donors (Lipinski definition) is 1. The van der Waals surface area contributed by atoms with Gasteiger partial charge in [-0.1, -0.05) is 23.7 Å². The number of aromatic amines is 1. The van der Waals surface area contributed by atoms with Crippen molar-refractivity contribution in [2.24, 2.45) is 0 Å². The highest BCUT2D eigenvalue weighted by Gasteiger charge is 2.31. The van der Waals surface area contributed by atoms with Gasteiger partial charge in [0.25, 0.3) is 0 Å². The number of benzene rings is 2. The highest BCUT2D eigenvalue weighted by molar-refractivity contribution is 6.31. The van der Waals surface area contributed by atoms with E-state index in [1.165, 1.54) is 18.2 Å². The molecule has 1 heterocycles. The normalized spacial score (nSPS) is 11.8. The second kappa shape index (κ2) is 5.00. The van der Waals surface area contributed by atoms with Crippen LogP contribution in [-0.4, -0.2) is 11.3 Å². The van der Waals surface area contributed by atoms with Crippen LogP contribution in [0.2, 0.25) is 5.02 Å². The van der Waals surface area contributed by atoms with Crippen molar-refractivity contribution >= 4 is 22.5 Å². The summed E-state index contributed by atoms with van der Waals surface area (Å²) in [6, 6.07) is 13.0. The minimum absolute atomic E-state index is 0.253. The topological polar surface area (TPSA) is 25.0 Å². The molecule has 2 nitrogen and oxygen atoms in total. The fraction of sp³-hybridized carbons (Fsp3) is 0.0667. The van der Waals surface area contributed by atoms with E-state index in [2.05, 4.69) is 9.72 Å². The van der Waals surface area contributed by atoms with E-state index in [9.17, 15) is 13.2 Å². The van der Waals surface area contributed by atoms with Crippen molar-refractivity contribution in [3.05, 3.63) is 53.6 Å². The summed E-state index contributed by atoms with van der Waals surface area (Å²) in [4.78, 5) is 3.13. The smallest absolute Gasteiger partial charge is 0.406 e. The third-order valence-electron chi connectivity index (χ3n) is 2.96. The summed E-state index contributed by atoms with van der Waals surface area (Å²) in [6.07, 6.45) is -4.70. The molecule has 0 saturated carbocycles. The van der Waals surface area contributed by atoms with Crippen LogP contribution in [0.15, 0.2) is 48.5 Å². The van der Waals surface area contributed by atoms with E-state index in [0.717, 1.165) is 10.9 Å². The quantitative estimate of drug-likeness (QED) is 0.674. The first-order valence-electron chi connectivity index (χ1n) is 6.05. The molecule has 0 atom stereocenters. The van der Waals surface area contributed by atoms with E-state index in [-0.39, 0.29) is 5.75 Å². The van der Waals surface area contributed by atoms with Crippen molar-refractivity contribution in [3.63, 3.8) is 0 Å². The Morgan fingerprint density at radius 2 is 1.81 bits per heavy atom. The highest BCUT2D eigenvalue weighted by Crippen LogP contribution is 2.30. The lowest BCUT2D eigenvalue weighted by Gasteiger charge is -2.09. The average molecular weight is 312 g/mol. The number of hydrogen-bond acceptors (Lipinski definition) is 1. The maximum atomic E-state index is 12.2. The molecule has 108 valence electrons. The van der Waals surface area contributed by atoms with Gasteiger partial charge in [-0.05, 0) is 36.4 Å². The fourth-order valence-corrected chi connectivity index (χ4v) is 2.30. The zero-order valence-electron chi connectivity index (χ0n) is 10.5. The molecule has 0 unspecified atom stereocenters. The maximum absolute atomic E-state index is 12.2. The average Bonchev–Trinajstić information content (AvgIpc) is 2.80. The van der Waals surface area contributed by atoms with Crippen LogP contribution in [0.4, 0.5) is 13.2 Å². The summed E-state index contributed by atoms with van der Waals surface area (Å²) in [5.74, 6) is -0.253. The fourth-order valence-electron chi connectivity index (χ4n) is 2.12. The summed E-state index contributed by atoms with van der Waals surface area (Å²) in [5, 5.41) is 1.49. The van der Waals surface area contributed by atoms with Crippen LogP contribution in [0.1, 0.15) is 0 Å². The summed E-state index contributed by atoms with van der Waals surface area (Å²) in [5.41, 5.74) is 2.15. The van der Waals surface area contributed by atoms with Crippen LogP contribution in [0.3, 0.4) is 0 Å². The van der Waals surface area contributed by atoms with Gasteiger partial charge in [0.15, 0.2) is 0 Å². The molecule has 0 amide bonds. The minimum atomic E-state index is -4.70. The van der Waals surface area contributed by atoms with Gasteiger partial charge < -0.3 is 9.72 Å². The molecule has 0 aliphatic carbocycles. The molecular formula is C15H9ClF3NO. The van der Waals surface area contributed by atoms with Crippen LogP contribution in [0.25, 0.3) is 22.2 Å². The van der Waals surface area contributed by atoms with Gasteiger partial charge in [0.1, 0.15) is 5.75 Å². The first kappa shape index (κ1) is 13.8. The number of halogens is 4. The first-order chi connectivity index (χ1) is 9.90. The molecule has 1 N–H and O–H groups in total. The van der Waals surface area contributed by atoms with Crippen molar-refractivity contribution in [1.29, 1.82) is 0 Å². The zero-order valence-corrected chi connectivity index (χ0v) is 11.3. The van der Waals surface area contributed by atoms with Crippen LogP contribution in [0.5, 0.6) is 5.75 Å². The monoisotopic (exact) mass is 311 g/mol. The van der Waals surface area contributed by atoms with E-state index >= 15 is 0 Å². The molecule has 1 aromatic heterocycles. The maximum Gasteiger partial charge on any atom is 0.573 e. The Hall–Kier alpha value is -2.14. The first-order valence-corrected chi connectivity index (χ1v) is 6.43.